The number of hydrogen-bond donors (Lipinski definition) is 4. The maximum absolute atomic E-state index is 12.3. The van der Waals surface area contributed by atoms with Crippen molar-refractivity contribution in [3.05, 3.63) is 0 Å². The summed E-state index contributed by atoms with van der Waals surface area (Å²) in [6.07, 6.45) is 0.671. The van der Waals surface area contributed by atoms with E-state index in [0.29, 0.717) is 13.1 Å². The molecule has 0 aromatic rings. The van der Waals surface area contributed by atoms with Crippen LogP contribution >= 0.6 is 0 Å². The summed E-state index contributed by atoms with van der Waals surface area (Å²) in [6.45, 7) is 0.853. The van der Waals surface area contributed by atoms with Gasteiger partial charge in [-0.2, -0.15) is 0 Å². The molecule has 0 aromatic carbocycles. The maximum atomic E-state index is 12.3. The van der Waals surface area contributed by atoms with E-state index in [1.165, 1.54) is 14.7 Å². The molecule has 0 aromatic heterocycles. The molecule has 0 radical (unpaired) electrons. The minimum atomic E-state index is -0.649. The third-order valence-corrected chi connectivity index (χ3v) is 5.02. The Morgan fingerprint density at radius 3 is 1.29 bits per heavy atom. The van der Waals surface area contributed by atoms with Crippen molar-refractivity contribution in [3.8, 4) is 0 Å². The largest absolute Gasteiger partial charge is 0.368 e. The molecular weight excluding hydrogens is 455 g/mol. The number of amides is 6. The van der Waals surface area contributed by atoms with Gasteiger partial charge < -0.3 is 36.4 Å². The molecule has 16 heteroatoms. The van der Waals surface area contributed by atoms with Gasteiger partial charge in [-0.05, 0) is 26.0 Å². The number of nitrogens with one attached hydrogen (secondary N) is 3. The summed E-state index contributed by atoms with van der Waals surface area (Å²) in [6, 6.07) is 0. The fraction of sp³-hybridized carbons (Fsp3) is 0.684. The molecule has 6 amide bonds. The molecule has 5 N–H and O–H groups in total. The molecule has 0 bridgehead atoms. The van der Waals surface area contributed by atoms with E-state index in [2.05, 4.69) is 16.0 Å². The number of primary amides is 1. The molecule has 35 heavy (non-hydrogen) atoms. The van der Waals surface area contributed by atoms with E-state index in [0.717, 1.165) is 0 Å². The topological polar surface area (TPSA) is 174 Å². The highest BCUT2D eigenvalue weighted by Crippen LogP contribution is 1.96. The van der Waals surface area contributed by atoms with Crippen molar-refractivity contribution in [2.24, 2.45) is 5.73 Å². The molecule has 0 rings (SSSR count). The standard InChI is InChI=1S/C19H38B3N7O6/c1-24-2-5-28(18(34)9-21)12-15(31)26-4-7-29(19(35)10-22)13-16(32)25-3-6-27(11-14(23)30)17(33)8-20/h24H,2-13,20-22H2,1H3,(H2,23,30)(H,25,32)(H,26,31). The maximum Gasteiger partial charge on any atom is 0.239 e. The van der Waals surface area contributed by atoms with Gasteiger partial charge in [0.15, 0.2) is 0 Å². The zero-order valence-electron chi connectivity index (χ0n) is 21.4. The molecule has 13 nitrogen and oxygen atoms in total. The zero-order valence-corrected chi connectivity index (χ0v) is 21.4. The van der Waals surface area contributed by atoms with Gasteiger partial charge in [0.1, 0.15) is 23.5 Å². The molecule has 0 fully saturated rings. The lowest BCUT2D eigenvalue weighted by Gasteiger charge is -2.24. The minimum Gasteiger partial charge on any atom is -0.368 e. The Hall–Kier alpha value is -3.03. The second-order valence-corrected chi connectivity index (χ2v) is 7.78. The fourth-order valence-corrected chi connectivity index (χ4v) is 3.10. The molecular formula is C19H38B3N7O6. The molecule has 194 valence electrons. The zero-order chi connectivity index (χ0) is 26.8. The van der Waals surface area contributed by atoms with Gasteiger partial charge >= 0.3 is 0 Å². The van der Waals surface area contributed by atoms with Gasteiger partial charge in [-0.1, -0.05) is 0 Å². The van der Waals surface area contributed by atoms with Gasteiger partial charge in [-0.15, -0.1) is 0 Å². The SMILES string of the molecule is BCC(=O)N(CCNC(=O)CN(CCNC(=O)CN(CCNC)C(=O)CB)C(=O)CB)CC(N)=O. The van der Waals surface area contributed by atoms with Gasteiger partial charge in [-0.25, -0.2) is 0 Å². The van der Waals surface area contributed by atoms with Crippen LogP contribution in [0.15, 0.2) is 0 Å². The van der Waals surface area contributed by atoms with Gasteiger partial charge in [0.25, 0.3) is 0 Å². The number of carbonyl (C=O) groups excluding carboxylic acids is 6. The van der Waals surface area contributed by atoms with Crippen molar-refractivity contribution < 1.29 is 28.8 Å². The lowest BCUT2D eigenvalue weighted by atomic mass is 10.0. The van der Waals surface area contributed by atoms with E-state index in [4.69, 9.17) is 5.73 Å². The number of carbonyl (C=O) groups is 6. The fourth-order valence-electron chi connectivity index (χ4n) is 3.10. The van der Waals surface area contributed by atoms with Crippen molar-refractivity contribution in [1.29, 1.82) is 0 Å². The monoisotopic (exact) mass is 493 g/mol. The van der Waals surface area contributed by atoms with E-state index in [-0.39, 0.29) is 88.4 Å². The van der Waals surface area contributed by atoms with E-state index < -0.39 is 11.8 Å². The lowest BCUT2D eigenvalue weighted by Crippen LogP contribution is -2.48. The summed E-state index contributed by atoms with van der Waals surface area (Å²) in [5.74, 6) is -2.10. The third-order valence-electron chi connectivity index (χ3n) is 5.02. The van der Waals surface area contributed by atoms with Crippen LogP contribution in [0.3, 0.4) is 0 Å². The number of likely N-dealkylation sites (N-methyl/N-ethyl adjacent to an activating group) is 1. The lowest BCUT2D eigenvalue weighted by molar-refractivity contribution is -0.135. The second kappa shape index (κ2) is 18.3. The van der Waals surface area contributed by atoms with Crippen LogP contribution in [0.5, 0.6) is 0 Å². The van der Waals surface area contributed by atoms with Gasteiger partial charge in [-0.3, -0.25) is 28.8 Å². The first-order valence-electron chi connectivity index (χ1n) is 11.9. The van der Waals surface area contributed by atoms with Crippen molar-refractivity contribution in [2.45, 2.75) is 19.0 Å². The minimum absolute atomic E-state index is 0.0884. The van der Waals surface area contributed by atoms with Crippen LogP contribution in [0.25, 0.3) is 0 Å². The van der Waals surface area contributed by atoms with Crippen molar-refractivity contribution in [1.82, 2.24) is 30.7 Å². The summed E-state index contributed by atoms with van der Waals surface area (Å²) >= 11 is 0. The summed E-state index contributed by atoms with van der Waals surface area (Å²) < 4.78 is 0. The highest BCUT2D eigenvalue weighted by molar-refractivity contribution is 6.20. The van der Waals surface area contributed by atoms with Crippen molar-refractivity contribution in [2.75, 3.05) is 66.0 Å². The van der Waals surface area contributed by atoms with Crippen LogP contribution < -0.4 is 21.7 Å². The first-order chi connectivity index (χ1) is 16.6. The van der Waals surface area contributed by atoms with Crippen LogP contribution in [0, 0.1) is 0 Å². The van der Waals surface area contributed by atoms with E-state index in [1.807, 2.05) is 0 Å². The molecule has 0 saturated carbocycles. The quantitative estimate of drug-likeness (QED) is 0.138. The van der Waals surface area contributed by atoms with Crippen LogP contribution in [0.4, 0.5) is 0 Å². The highest BCUT2D eigenvalue weighted by Gasteiger charge is 2.19. The Balaban J connectivity index is 4.70. The Morgan fingerprint density at radius 1 is 0.629 bits per heavy atom. The second-order valence-electron chi connectivity index (χ2n) is 7.78. The highest BCUT2D eigenvalue weighted by atomic mass is 16.2. The molecule has 0 aliphatic heterocycles. The first-order valence-corrected chi connectivity index (χ1v) is 11.9. The molecule has 0 unspecified atom stereocenters. The van der Waals surface area contributed by atoms with Crippen LogP contribution in [0.2, 0.25) is 19.0 Å². The summed E-state index contributed by atoms with van der Waals surface area (Å²) in [5, 5.41) is 8.24. The van der Waals surface area contributed by atoms with Crippen molar-refractivity contribution in [3.63, 3.8) is 0 Å². The molecule has 0 heterocycles. The molecule has 0 aliphatic rings. The third kappa shape index (κ3) is 14.1. The number of nitrogens with zero attached hydrogens (tertiary/aromatic N) is 3. The predicted molar refractivity (Wildman–Crippen MR) is 139 cm³/mol. The normalized spacial score (nSPS) is 10.2. The molecule has 0 atom stereocenters. The molecule has 0 aliphatic carbocycles. The summed E-state index contributed by atoms with van der Waals surface area (Å²) in [5.41, 5.74) is 5.15. The van der Waals surface area contributed by atoms with Crippen LogP contribution in [0.1, 0.15) is 0 Å². The number of hydrogen-bond acceptors (Lipinski definition) is 7. The number of rotatable bonds is 18. The predicted octanol–water partition coefficient (Wildman–Crippen LogP) is -6.44. The van der Waals surface area contributed by atoms with Gasteiger partial charge in [0.05, 0.1) is 19.6 Å². The smallest absolute Gasteiger partial charge is 0.239 e. The van der Waals surface area contributed by atoms with E-state index in [1.54, 1.807) is 30.6 Å². The van der Waals surface area contributed by atoms with Crippen LogP contribution in [-0.2, 0) is 28.8 Å². The van der Waals surface area contributed by atoms with Crippen LogP contribution in [-0.4, -0.2) is 140 Å². The molecule has 0 spiro atoms. The Morgan fingerprint density at radius 2 is 0.971 bits per heavy atom. The van der Waals surface area contributed by atoms with Crippen molar-refractivity contribution >= 4 is 59.0 Å². The summed E-state index contributed by atoms with van der Waals surface area (Å²) in [7, 11) is 6.80. The Kier molecular flexibility index (Phi) is 16.7. The molecule has 0 saturated heterocycles. The Labute approximate surface area is 209 Å². The van der Waals surface area contributed by atoms with Gasteiger partial charge in [0, 0.05) is 39.3 Å². The average Bonchev–Trinajstić information content (AvgIpc) is 2.83. The van der Waals surface area contributed by atoms with E-state index in [9.17, 15) is 28.8 Å². The average molecular weight is 493 g/mol. The Bertz CT molecular complexity index is 744. The summed E-state index contributed by atoms with van der Waals surface area (Å²) in [4.78, 5) is 75.9. The first kappa shape index (κ1) is 32.0. The van der Waals surface area contributed by atoms with E-state index >= 15 is 0 Å². The number of nitrogens with two attached hydrogens (primary N) is 1. The van der Waals surface area contributed by atoms with Gasteiger partial charge in [0.2, 0.25) is 35.4 Å².